The van der Waals surface area contributed by atoms with Crippen LogP contribution in [0.1, 0.15) is 12.5 Å². The van der Waals surface area contributed by atoms with E-state index in [9.17, 15) is 18.8 Å². The highest BCUT2D eigenvalue weighted by molar-refractivity contribution is 5.97. The van der Waals surface area contributed by atoms with Gasteiger partial charge in [-0.3, -0.25) is 14.5 Å². The van der Waals surface area contributed by atoms with E-state index in [0.717, 1.165) is 5.56 Å². The number of anilines is 1. The van der Waals surface area contributed by atoms with Gasteiger partial charge < -0.3 is 15.4 Å². The van der Waals surface area contributed by atoms with E-state index >= 15 is 0 Å². The summed E-state index contributed by atoms with van der Waals surface area (Å²) in [5.74, 6) is -1.59. The van der Waals surface area contributed by atoms with Gasteiger partial charge in [-0.15, -0.1) is 0 Å². The molecule has 1 aromatic carbocycles. The van der Waals surface area contributed by atoms with Crippen molar-refractivity contribution in [1.29, 1.82) is 0 Å². The van der Waals surface area contributed by atoms with Gasteiger partial charge in [0.1, 0.15) is 25.0 Å². The van der Waals surface area contributed by atoms with E-state index in [1.54, 1.807) is 13.0 Å². The zero-order valence-electron chi connectivity index (χ0n) is 12.9. The smallest absolute Gasteiger partial charge is 0.410 e. The average Bonchev–Trinajstić information content (AvgIpc) is 2.87. The molecule has 2 N–H and O–H groups in total. The lowest BCUT2D eigenvalue weighted by Crippen LogP contribution is -2.46. The van der Waals surface area contributed by atoms with E-state index in [0.29, 0.717) is 6.54 Å². The molecule has 1 aliphatic heterocycles. The standard InChI is InChI=1S/C15H18FN3O4/c1-9-3-4-12(11(16)7-9)18-14(21)10(2)17-13(20)8-19-5-6-23-15(19)22/h3-4,7,10H,5-6,8H2,1-2H3,(H,17,20)(H,18,21)/t10-/m0/s1. The number of nitrogens with one attached hydrogen (secondary N) is 2. The Morgan fingerprint density at radius 2 is 2.17 bits per heavy atom. The molecule has 124 valence electrons. The van der Waals surface area contributed by atoms with Crippen LogP contribution < -0.4 is 10.6 Å². The number of nitrogens with zero attached hydrogens (tertiary/aromatic N) is 1. The van der Waals surface area contributed by atoms with E-state index in [1.165, 1.54) is 24.0 Å². The van der Waals surface area contributed by atoms with Gasteiger partial charge in [0.05, 0.1) is 12.2 Å². The first-order valence-corrected chi connectivity index (χ1v) is 7.15. The van der Waals surface area contributed by atoms with Gasteiger partial charge in [-0.05, 0) is 31.5 Å². The number of ether oxygens (including phenoxy) is 1. The van der Waals surface area contributed by atoms with E-state index in [1.807, 2.05) is 0 Å². The Balaban J connectivity index is 1.86. The average molecular weight is 323 g/mol. The molecule has 1 atom stereocenters. The fourth-order valence-electron chi connectivity index (χ4n) is 2.06. The monoisotopic (exact) mass is 323 g/mol. The minimum absolute atomic E-state index is 0.0461. The summed E-state index contributed by atoms with van der Waals surface area (Å²) >= 11 is 0. The lowest BCUT2D eigenvalue weighted by molar-refractivity contribution is -0.126. The van der Waals surface area contributed by atoms with Gasteiger partial charge in [-0.1, -0.05) is 6.07 Å². The molecule has 0 aromatic heterocycles. The van der Waals surface area contributed by atoms with Gasteiger partial charge >= 0.3 is 6.09 Å². The zero-order valence-corrected chi connectivity index (χ0v) is 12.9. The predicted octanol–water partition coefficient (Wildman–Crippen LogP) is 1.03. The summed E-state index contributed by atoms with van der Waals surface area (Å²) in [6, 6.07) is 3.55. The summed E-state index contributed by atoms with van der Waals surface area (Å²) in [6.45, 7) is 3.61. The fourth-order valence-corrected chi connectivity index (χ4v) is 2.06. The molecule has 23 heavy (non-hydrogen) atoms. The van der Waals surface area contributed by atoms with E-state index in [-0.39, 0.29) is 18.8 Å². The van der Waals surface area contributed by atoms with Crippen molar-refractivity contribution in [3.05, 3.63) is 29.6 Å². The summed E-state index contributed by atoms with van der Waals surface area (Å²) in [4.78, 5) is 36.3. The number of carbonyl (C=O) groups is 3. The summed E-state index contributed by atoms with van der Waals surface area (Å²) < 4.78 is 18.4. The van der Waals surface area contributed by atoms with Crippen molar-refractivity contribution in [3.63, 3.8) is 0 Å². The van der Waals surface area contributed by atoms with Crippen molar-refractivity contribution in [2.45, 2.75) is 19.9 Å². The Morgan fingerprint density at radius 1 is 1.43 bits per heavy atom. The Hall–Kier alpha value is -2.64. The van der Waals surface area contributed by atoms with Gasteiger partial charge in [-0.25, -0.2) is 9.18 Å². The Labute approximate surface area is 132 Å². The van der Waals surface area contributed by atoms with Crippen molar-refractivity contribution in [3.8, 4) is 0 Å². The van der Waals surface area contributed by atoms with Crippen LogP contribution >= 0.6 is 0 Å². The number of hydrogen-bond donors (Lipinski definition) is 2. The predicted molar refractivity (Wildman–Crippen MR) is 80.3 cm³/mol. The molecular formula is C15H18FN3O4. The van der Waals surface area contributed by atoms with Crippen LogP contribution in [0.15, 0.2) is 18.2 Å². The van der Waals surface area contributed by atoms with Crippen molar-refractivity contribution in [2.24, 2.45) is 0 Å². The molecule has 0 unspecified atom stereocenters. The minimum atomic E-state index is -0.873. The molecule has 0 radical (unpaired) electrons. The normalized spacial score (nSPS) is 15.1. The van der Waals surface area contributed by atoms with Crippen LogP contribution in [0, 0.1) is 12.7 Å². The number of amides is 3. The van der Waals surface area contributed by atoms with Gasteiger partial charge in [0.2, 0.25) is 11.8 Å². The fraction of sp³-hybridized carbons (Fsp3) is 0.400. The molecule has 3 amide bonds. The van der Waals surface area contributed by atoms with Crippen LogP contribution in [0.4, 0.5) is 14.9 Å². The van der Waals surface area contributed by atoms with Gasteiger partial charge in [0.15, 0.2) is 0 Å². The Kier molecular flexibility index (Phi) is 5.15. The second kappa shape index (κ2) is 7.08. The van der Waals surface area contributed by atoms with Crippen LogP contribution in [-0.4, -0.2) is 48.5 Å². The quantitative estimate of drug-likeness (QED) is 0.847. The summed E-state index contributed by atoms with van der Waals surface area (Å²) in [5, 5.41) is 4.87. The second-order valence-electron chi connectivity index (χ2n) is 5.30. The molecular weight excluding hydrogens is 305 g/mol. The SMILES string of the molecule is Cc1ccc(NC(=O)[C@H](C)NC(=O)CN2CCOC2=O)c(F)c1. The molecule has 1 fully saturated rings. The maximum absolute atomic E-state index is 13.7. The number of cyclic esters (lactones) is 1. The minimum Gasteiger partial charge on any atom is -0.448 e. The Morgan fingerprint density at radius 3 is 2.78 bits per heavy atom. The molecule has 1 aromatic rings. The second-order valence-corrected chi connectivity index (χ2v) is 5.30. The number of aryl methyl sites for hydroxylation is 1. The molecule has 1 aliphatic rings. The van der Waals surface area contributed by atoms with Crippen molar-refractivity contribution in [1.82, 2.24) is 10.2 Å². The number of benzene rings is 1. The molecule has 0 bridgehead atoms. The van der Waals surface area contributed by atoms with Crippen LogP contribution in [0.5, 0.6) is 0 Å². The number of rotatable bonds is 5. The van der Waals surface area contributed by atoms with Crippen LogP contribution in [0.2, 0.25) is 0 Å². The number of carbonyl (C=O) groups excluding carboxylic acids is 3. The highest BCUT2D eigenvalue weighted by Gasteiger charge is 2.25. The first-order valence-electron chi connectivity index (χ1n) is 7.15. The maximum atomic E-state index is 13.7. The van der Waals surface area contributed by atoms with Gasteiger partial charge in [0.25, 0.3) is 0 Å². The van der Waals surface area contributed by atoms with Crippen molar-refractivity contribution < 1.29 is 23.5 Å². The topological polar surface area (TPSA) is 87.7 Å². The first-order chi connectivity index (χ1) is 10.9. The molecule has 0 aliphatic carbocycles. The lowest BCUT2D eigenvalue weighted by atomic mass is 10.2. The van der Waals surface area contributed by atoms with Crippen LogP contribution in [0.25, 0.3) is 0 Å². The molecule has 1 saturated heterocycles. The molecule has 0 spiro atoms. The largest absolute Gasteiger partial charge is 0.448 e. The van der Waals surface area contributed by atoms with Gasteiger partial charge in [0, 0.05) is 0 Å². The van der Waals surface area contributed by atoms with E-state index in [2.05, 4.69) is 10.6 Å². The van der Waals surface area contributed by atoms with E-state index < -0.39 is 29.8 Å². The summed E-state index contributed by atoms with van der Waals surface area (Å²) in [7, 11) is 0. The molecule has 7 nitrogen and oxygen atoms in total. The molecule has 2 rings (SSSR count). The summed E-state index contributed by atoms with van der Waals surface area (Å²) in [6.07, 6.45) is -0.556. The highest BCUT2D eigenvalue weighted by atomic mass is 19.1. The lowest BCUT2D eigenvalue weighted by Gasteiger charge is -2.17. The third-order valence-electron chi connectivity index (χ3n) is 3.33. The molecule has 0 saturated carbocycles. The zero-order chi connectivity index (χ0) is 17.0. The van der Waals surface area contributed by atoms with Crippen molar-refractivity contribution in [2.75, 3.05) is 25.0 Å². The van der Waals surface area contributed by atoms with Gasteiger partial charge in [-0.2, -0.15) is 0 Å². The van der Waals surface area contributed by atoms with E-state index in [4.69, 9.17) is 4.74 Å². The van der Waals surface area contributed by atoms with Crippen molar-refractivity contribution >= 4 is 23.6 Å². The molecule has 8 heteroatoms. The van der Waals surface area contributed by atoms with Crippen LogP contribution in [0.3, 0.4) is 0 Å². The Bertz CT molecular complexity index is 635. The summed E-state index contributed by atoms with van der Waals surface area (Å²) in [5.41, 5.74) is 0.782. The number of halogens is 1. The number of hydrogen-bond acceptors (Lipinski definition) is 4. The maximum Gasteiger partial charge on any atom is 0.410 e. The first kappa shape index (κ1) is 16.7. The third-order valence-corrected chi connectivity index (χ3v) is 3.33. The highest BCUT2D eigenvalue weighted by Crippen LogP contribution is 2.15. The van der Waals surface area contributed by atoms with Crippen LogP contribution in [-0.2, 0) is 14.3 Å². The molecule has 1 heterocycles. The third kappa shape index (κ3) is 4.41.